The summed E-state index contributed by atoms with van der Waals surface area (Å²) in [6.45, 7) is 6.29. The lowest BCUT2D eigenvalue weighted by Gasteiger charge is -2.23. The average molecular weight is 383 g/mol. The molecule has 0 bridgehead atoms. The highest BCUT2D eigenvalue weighted by atomic mass is 35.5. The first-order valence-electron chi connectivity index (χ1n) is 8.35. The van der Waals surface area contributed by atoms with E-state index in [0.29, 0.717) is 17.1 Å². The van der Waals surface area contributed by atoms with Gasteiger partial charge in [0.2, 0.25) is 0 Å². The van der Waals surface area contributed by atoms with Crippen molar-refractivity contribution in [2.75, 3.05) is 13.1 Å². The van der Waals surface area contributed by atoms with Crippen LogP contribution in [0.3, 0.4) is 0 Å². The van der Waals surface area contributed by atoms with Gasteiger partial charge in [0, 0.05) is 16.8 Å². The Labute approximate surface area is 159 Å². The summed E-state index contributed by atoms with van der Waals surface area (Å²) in [4.78, 5) is 12.7. The van der Waals surface area contributed by atoms with Gasteiger partial charge in [0.05, 0.1) is 17.8 Å². The molecule has 0 spiro atoms. The number of piperidine rings is 1. The van der Waals surface area contributed by atoms with Crippen molar-refractivity contribution < 1.29 is 4.79 Å². The van der Waals surface area contributed by atoms with Crippen LogP contribution in [0.15, 0.2) is 24.3 Å². The van der Waals surface area contributed by atoms with Crippen LogP contribution in [0, 0.1) is 13.8 Å². The molecule has 0 atom stereocenters. The number of carbonyl (C=O) groups excluding carboxylic acids is 1. The molecule has 0 unspecified atom stereocenters. The summed E-state index contributed by atoms with van der Waals surface area (Å²) >= 11 is 6.24. The Morgan fingerprint density at radius 1 is 1.32 bits per heavy atom. The first-order valence-corrected chi connectivity index (χ1v) is 8.73. The maximum absolute atomic E-state index is 12.7. The highest BCUT2D eigenvalue weighted by Gasteiger charge is 2.22. The Bertz CT molecular complexity index is 739. The van der Waals surface area contributed by atoms with Crippen LogP contribution >= 0.6 is 24.0 Å². The molecule has 0 saturated carbocycles. The van der Waals surface area contributed by atoms with Gasteiger partial charge in [-0.2, -0.15) is 5.10 Å². The first kappa shape index (κ1) is 19.8. The van der Waals surface area contributed by atoms with Crippen LogP contribution in [-0.2, 0) is 6.54 Å². The maximum Gasteiger partial charge on any atom is 0.255 e. The molecule has 136 valence electrons. The second kappa shape index (κ2) is 8.70. The van der Waals surface area contributed by atoms with Gasteiger partial charge in [0.15, 0.2) is 0 Å². The highest BCUT2D eigenvalue weighted by Crippen LogP contribution is 2.20. The standard InChI is InChI=1S/C18H23ClN4O.ClH/c1-12-17(18(24)21-15-7-9-20-10-8-15)13(2)23(22-12)11-14-5-3-4-6-16(14)19;/h3-6,15,20H,7-11H2,1-2H3,(H,21,24);1H. The number of hydrogen-bond acceptors (Lipinski definition) is 3. The highest BCUT2D eigenvalue weighted by molar-refractivity contribution is 6.31. The van der Waals surface area contributed by atoms with Crippen molar-refractivity contribution in [1.82, 2.24) is 20.4 Å². The Kier molecular flexibility index (Phi) is 6.87. The SMILES string of the molecule is Cc1nn(Cc2ccccc2Cl)c(C)c1C(=O)NC1CCNCC1.Cl. The third-order valence-electron chi connectivity index (χ3n) is 4.56. The summed E-state index contributed by atoms with van der Waals surface area (Å²) in [7, 11) is 0. The van der Waals surface area contributed by atoms with Gasteiger partial charge in [0.25, 0.3) is 5.91 Å². The molecule has 1 aromatic carbocycles. The van der Waals surface area contributed by atoms with Gasteiger partial charge in [0.1, 0.15) is 0 Å². The molecule has 7 heteroatoms. The minimum absolute atomic E-state index is 0. The second-order valence-electron chi connectivity index (χ2n) is 6.29. The van der Waals surface area contributed by atoms with Gasteiger partial charge < -0.3 is 10.6 Å². The van der Waals surface area contributed by atoms with Gasteiger partial charge in [-0.3, -0.25) is 9.48 Å². The fourth-order valence-electron chi connectivity index (χ4n) is 3.19. The first-order chi connectivity index (χ1) is 11.6. The van der Waals surface area contributed by atoms with Crippen LogP contribution < -0.4 is 10.6 Å². The third-order valence-corrected chi connectivity index (χ3v) is 4.93. The topological polar surface area (TPSA) is 59.0 Å². The molecule has 3 rings (SSSR count). The Morgan fingerprint density at radius 3 is 2.68 bits per heavy atom. The van der Waals surface area contributed by atoms with E-state index in [1.165, 1.54) is 0 Å². The summed E-state index contributed by atoms with van der Waals surface area (Å²) in [6, 6.07) is 7.95. The lowest BCUT2D eigenvalue weighted by molar-refractivity contribution is 0.0928. The molecule has 25 heavy (non-hydrogen) atoms. The summed E-state index contributed by atoms with van der Waals surface area (Å²) in [6.07, 6.45) is 1.94. The van der Waals surface area contributed by atoms with Crippen LogP contribution in [0.2, 0.25) is 5.02 Å². The van der Waals surface area contributed by atoms with E-state index in [1.807, 2.05) is 42.8 Å². The fraction of sp³-hybridized carbons (Fsp3) is 0.444. The Balaban J connectivity index is 0.00000225. The lowest BCUT2D eigenvalue weighted by atomic mass is 10.1. The smallest absolute Gasteiger partial charge is 0.255 e. The number of hydrogen-bond donors (Lipinski definition) is 2. The summed E-state index contributed by atoms with van der Waals surface area (Å²) < 4.78 is 1.86. The van der Waals surface area contributed by atoms with Gasteiger partial charge >= 0.3 is 0 Å². The molecule has 5 nitrogen and oxygen atoms in total. The monoisotopic (exact) mass is 382 g/mol. The van der Waals surface area contributed by atoms with Crippen molar-refractivity contribution in [3.8, 4) is 0 Å². The predicted molar refractivity (Wildman–Crippen MR) is 103 cm³/mol. The number of rotatable bonds is 4. The molecule has 1 saturated heterocycles. The van der Waals surface area contributed by atoms with Crippen LogP contribution in [-0.4, -0.2) is 34.8 Å². The zero-order valence-corrected chi connectivity index (χ0v) is 16.1. The Hall–Kier alpha value is -1.56. The molecule has 2 heterocycles. The number of carbonyl (C=O) groups is 1. The van der Waals surface area contributed by atoms with E-state index in [1.54, 1.807) is 0 Å². The number of nitrogens with one attached hydrogen (secondary N) is 2. The van der Waals surface area contributed by atoms with Crippen molar-refractivity contribution in [2.24, 2.45) is 0 Å². The van der Waals surface area contributed by atoms with Gasteiger partial charge in [-0.05, 0) is 51.4 Å². The lowest BCUT2D eigenvalue weighted by Crippen LogP contribution is -2.43. The predicted octanol–water partition coefficient (Wildman–Crippen LogP) is 3.11. The van der Waals surface area contributed by atoms with Crippen molar-refractivity contribution in [1.29, 1.82) is 0 Å². The molecule has 1 fully saturated rings. The van der Waals surface area contributed by atoms with E-state index in [9.17, 15) is 4.79 Å². The molecular formula is C18H24Cl2N4O. The number of nitrogens with zero attached hydrogens (tertiary/aromatic N) is 2. The largest absolute Gasteiger partial charge is 0.349 e. The van der Waals surface area contributed by atoms with Crippen LogP contribution in [0.5, 0.6) is 0 Å². The second-order valence-corrected chi connectivity index (χ2v) is 6.70. The zero-order valence-electron chi connectivity index (χ0n) is 14.5. The number of halogens is 2. The average Bonchev–Trinajstić information content (AvgIpc) is 2.84. The van der Waals surface area contributed by atoms with Crippen LogP contribution in [0.1, 0.15) is 40.2 Å². The molecular weight excluding hydrogens is 359 g/mol. The molecule has 0 aliphatic carbocycles. The van der Waals surface area contributed by atoms with Crippen molar-refractivity contribution >= 4 is 29.9 Å². The number of aromatic nitrogens is 2. The normalized spacial score (nSPS) is 14.8. The van der Waals surface area contributed by atoms with Crippen LogP contribution in [0.4, 0.5) is 0 Å². The van der Waals surface area contributed by atoms with Gasteiger partial charge in [-0.1, -0.05) is 29.8 Å². The minimum atomic E-state index is -0.0256. The quantitative estimate of drug-likeness (QED) is 0.853. The number of amides is 1. The van der Waals surface area contributed by atoms with Crippen molar-refractivity contribution in [3.63, 3.8) is 0 Å². The third kappa shape index (κ3) is 4.54. The molecule has 1 aromatic heterocycles. The van der Waals surface area contributed by atoms with Crippen molar-refractivity contribution in [3.05, 3.63) is 51.8 Å². The van der Waals surface area contributed by atoms with E-state index >= 15 is 0 Å². The summed E-state index contributed by atoms with van der Waals surface area (Å²) in [5.41, 5.74) is 3.31. The van der Waals surface area contributed by atoms with Crippen molar-refractivity contribution in [2.45, 2.75) is 39.3 Å². The maximum atomic E-state index is 12.7. The minimum Gasteiger partial charge on any atom is -0.349 e. The van der Waals surface area contributed by atoms with E-state index < -0.39 is 0 Å². The summed E-state index contributed by atoms with van der Waals surface area (Å²) in [5, 5.41) is 11.7. The Morgan fingerprint density at radius 2 is 2.00 bits per heavy atom. The molecule has 0 radical (unpaired) electrons. The fourth-order valence-corrected chi connectivity index (χ4v) is 3.39. The summed E-state index contributed by atoms with van der Waals surface area (Å²) in [5.74, 6) is -0.0256. The number of aryl methyl sites for hydroxylation is 1. The zero-order chi connectivity index (χ0) is 17.1. The molecule has 1 aliphatic heterocycles. The molecule has 1 aliphatic rings. The van der Waals surface area contributed by atoms with E-state index in [2.05, 4.69) is 15.7 Å². The van der Waals surface area contributed by atoms with Gasteiger partial charge in [-0.15, -0.1) is 12.4 Å². The number of benzene rings is 1. The van der Waals surface area contributed by atoms with E-state index in [0.717, 1.165) is 42.9 Å². The molecule has 2 aromatic rings. The van der Waals surface area contributed by atoms with Crippen LogP contribution in [0.25, 0.3) is 0 Å². The van der Waals surface area contributed by atoms with Gasteiger partial charge in [-0.25, -0.2) is 0 Å². The van der Waals surface area contributed by atoms with E-state index in [4.69, 9.17) is 11.6 Å². The molecule has 2 N–H and O–H groups in total. The van der Waals surface area contributed by atoms with E-state index in [-0.39, 0.29) is 24.4 Å². The molecule has 1 amide bonds.